The Balaban J connectivity index is 2.74. The Morgan fingerprint density at radius 1 is 1.31 bits per heavy atom. The lowest BCUT2D eigenvalue weighted by atomic mass is 10.3. The number of hydrogen-bond acceptors (Lipinski definition) is 6. The van der Waals surface area contributed by atoms with E-state index >= 15 is 0 Å². The Morgan fingerprint density at radius 3 is 2.54 bits per heavy atom. The number of benzene rings is 2. The smallest absolute Gasteiger partial charge is 0.324 e. The predicted octanol–water partition coefficient (Wildman–Crippen LogP) is 2.54. The van der Waals surface area contributed by atoms with Gasteiger partial charge in [-0.25, -0.2) is 8.42 Å². The van der Waals surface area contributed by atoms with Crippen molar-refractivity contribution in [2.45, 2.75) is 4.90 Å². The third kappa shape index (κ3) is 3.86. The number of aliphatic carboxylic acids is 1. The third-order valence-electron chi connectivity index (χ3n) is 3.32. The molecule has 11 heteroatoms. The molecule has 0 aliphatic carbocycles. The number of anilines is 1. The van der Waals surface area contributed by atoms with Crippen LogP contribution < -0.4 is 9.04 Å². The highest BCUT2D eigenvalue weighted by Gasteiger charge is 2.34. The summed E-state index contributed by atoms with van der Waals surface area (Å²) in [4.78, 5) is 20.9. The highest BCUT2D eigenvalue weighted by molar-refractivity contribution is 7.93. The third-order valence-corrected chi connectivity index (χ3v) is 5.36. The lowest BCUT2D eigenvalue weighted by molar-refractivity contribution is -0.387. The zero-order valence-corrected chi connectivity index (χ0v) is 14.9. The van der Waals surface area contributed by atoms with Gasteiger partial charge in [-0.2, -0.15) is 0 Å². The van der Waals surface area contributed by atoms with Crippen LogP contribution in [0.1, 0.15) is 0 Å². The second kappa shape index (κ2) is 7.58. The summed E-state index contributed by atoms with van der Waals surface area (Å²) < 4.78 is 31.6. The van der Waals surface area contributed by atoms with E-state index in [-0.39, 0.29) is 16.5 Å². The van der Waals surface area contributed by atoms with Gasteiger partial charge < -0.3 is 9.84 Å². The molecule has 0 fully saturated rings. The van der Waals surface area contributed by atoms with E-state index in [4.69, 9.17) is 21.4 Å². The number of rotatable bonds is 7. The molecule has 1 N–H and O–H groups in total. The van der Waals surface area contributed by atoms with E-state index in [1.165, 1.54) is 37.4 Å². The van der Waals surface area contributed by atoms with Crippen molar-refractivity contribution < 1.29 is 28.0 Å². The molecule has 138 valence electrons. The summed E-state index contributed by atoms with van der Waals surface area (Å²) in [6.45, 7) is -0.981. The predicted molar refractivity (Wildman–Crippen MR) is 93.3 cm³/mol. The van der Waals surface area contributed by atoms with Crippen LogP contribution in [0.5, 0.6) is 5.75 Å². The first-order valence-corrected chi connectivity index (χ1v) is 8.81. The van der Waals surface area contributed by atoms with Gasteiger partial charge in [0.15, 0.2) is 4.90 Å². The first-order chi connectivity index (χ1) is 12.2. The first-order valence-electron chi connectivity index (χ1n) is 7.00. The van der Waals surface area contributed by atoms with Crippen LogP contribution in [0.3, 0.4) is 0 Å². The van der Waals surface area contributed by atoms with Crippen molar-refractivity contribution >= 4 is 39.0 Å². The average Bonchev–Trinajstić information content (AvgIpc) is 2.59. The van der Waals surface area contributed by atoms with Crippen LogP contribution in [0.2, 0.25) is 5.02 Å². The molecule has 0 amide bonds. The van der Waals surface area contributed by atoms with Crippen LogP contribution in [-0.2, 0) is 14.8 Å². The Kier molecular flexibility index (Phi) is 5.68. The Morgan fingerprint density at radius 2 is 1.96 bits per heavy atom. The quantitative estimate of drug-likeness (QED) is 0.558. The summed E-state index contributed by atoms with van der Waals surface area (Å²) in [6, 6.07) is 8.64. The zero-order chi connectivity index (χ0) is 19.5. The number of nitrogens with zero attached hydrogens (tertiary/aromatic N) is 2. The molecule has 26 heavy (non-hydrogen) atoms. The van der Waals surface area contributed by atoms with Gasteiger partial charge in [-0.05, 0) is 24.3 Å². The number of halogens is 1. The van der Waals surface area contributed by atoms with Crippen LogP contribution >= 0.6 is 11.6 Å². The molecule has 0 saturated carbocycles. The van der Waals surface area contributed by atoms with Gasteiger partial charge in [-0.1, -0.05) is 23.7 Å². The summed E-state index contributed by atoms with van der Waals surface area (Å²) >= 11 is 5.90. The molecule has 0 saturated heterocycles. The van der Waals surface area contributed by atoms with Crippen LogP contribution in [0.4, 0.5) is 11.4 Å². The van der Waals surface area contributed by atoms with E-state index in [1.807, 2.05) is 0 Å². The Bertz CT molecular complexity index is 962. The van der Waals surface area contributed by atoms with E-state index in [1.54, 1.807) is 0 Å². The van der Waals surface area contributed by atoms with Gasteiger partial charge >= 0.3 is 5.97 Å². The second-order valence-corrected chi connectivity index (χ2v) is 7.21. The number of carbonyl (C=O) groups is 1. The molecular formula is C15H13ClN2O7S. The van der Waals surface area contributed by atoms with Crippen molar-refractivity contribution in [3.63, 3.8) is 0 Å². The van der Waals surface area contributed by atoms with E-state index in [0.717, 1.165) is 12.1 Å². The number of para-hydroxylation sites is 1. The maximum absolute atomic E-state index is 13.0. The van der Waals surface area contributed by atoms with Crippen molar-refractivity contribution in [3.8, 4) is 5.75 Å². The van der Waals surface area contributed by atoms with E-state index in [2.05, 4.69) is 0 Å². The molecule has 0 aromatic heterocycles. The summed E-state index contributed by atoms with van der Waals surface area (Å²) in [5, 5.41) is 20.5. The fourth-order valence-corrected chi connectivity index (χ4v) is 3.97. The Labute approximate surface area is 153 Å². The van der Waals surface area contributed by atoms with Gasteiger partial charge in [0.05, 0.1) is 17.7 Å². The molecular weight excluding hydrogens is 388 g/mol. The Hall–Kier alpha value is -2.85. The first kappa shape index (κ1) is 19.5. The van der Waals surface area contributed by atoms with Gasteiger partial charge in [0.2, 0.25) is 0 Å². The molecule has 2 aromatic rings. The van der Waals surface area contributed by atoms with Crippen molar-refractivity contribution in [3.05, 3.63) is 57.6 Å². The maximum Gasteiger partial charge on any atom is 0.324 e. The van der Waals surface area contributed by atoms with Gasteiger partial charge in [0, 0.05) is 11.1 Å². The van der Waals surface area contributed by atoms with Crippen LogP contribution in [-0.4, -0.2) is 38.1 Å². The van der Waals surface area contributed by atoms with Crippen molar-refractivity contribution in [2.24, 2.45) is 0 Å². The highest BCUT2D eigenvalue weighted by atomic mass is 35.5. The van der Waals surface area contributed by atoms with Crippen molar-refractivity contribution in [1.82, 2.24) is 0 Å². The lowest BCUT2D eigenvalue weighted by Crippen LogP contribution is -2.36. The topological polar surface area (TPSA) is 127 Å². The standard InChI is InChI=1S/C15H13ClN2O7S/c1-25-13-7-6-10(16)8-12(13)17(9-15(19)20)26(23,24)14-5-3-2-4-11(14)18(21)22/h2-8H,9H2,1H3,(H,19,20). The largest absolute Gasteiger partial charge is 0.495 e. The fourth-order valence-electron chi connectivity index (χ4n) is 2.23. The van der Waals surface area contributed by atoms with E-state index in [9.17, 15) is 23.3 Å². The molecule has 0 heterocycles. The average molecular weight is 401 g/mol. The van der Waals surface area contributed by atoms with Crippen molar-refractivity contribution in [1.29, 1.82) is 0 Å². The molecule has 0 aliphatic heterocycles. The number of ether oxygens (including phenoxy) is 1. The van der Waals surface area contributed by atoms with Crippen LogP contribution in [0.25, 0.3) is 0 Å². The molecule has 0 atom stereocenters. The molecule has 9 nitrogen and oxygen atoms in total. The minimum absolute atomic E-state index is 0.0396. The molecule has 2 rings (SSSR count). The van der Waals surface area contributed by atoms with Gasteiger partial charge in [0.25, 0.3) is 15.7 Å². The zero-order valence-electron chi connectivity index (χ0n) is 13.3. The van der Waals surface area contributed by atoms with Crippen LogP contribution in [0, 0.1) is 10.1 Å². The SMILES string of the molecule is COc1ccc(Cl)cc1N(CC(=O)O)S(=O)(=O)c1ccccc1[N+](=O)[O-]. The van der Waals surface area contributed by atoms with E-state index < -0.39 is 38.0 Å². The van der Waals surface area contributed by atoms with Crippen molar-refractivity contribution in [2.75, 3.05) is 18.0 Å². The lowest BCUT2D eigenvalue weighted by Gasteiger charge is -2.24. The minimum atomic E-state index is -4.60. The summed E-state index contributed by atoms with van der Waals surface area (Å²) in [7, 11) is -3.33. The number of nitro groups is 1. The number of carboxylic acids is 1. The van der Waals surface area contributed by atoms with Gasteiger partial charge in [-0.15, -0.1) is 0 Å². The molecule has 0 aliphatic rings. The number of carboxylic acid groups (broad SMARTS) is 1. The van der Waals surface area contributed by atoms with Gasteiger partial charge in [0.1, 0.15) is 12.3 Å². The van der Waals surface area contributed by atoms with E-state index in [0.29, 0.717) is 4.31 Å². The number of methoxy groups -OCH3 is 1. The monoisotopic (exact) mass is 400 g/mol. The van der Waals surface area contributed by atoms with Gasteiger partial charge in [-0.3, -0.25) is 19.2 Å². The van der Waals surface area contributed by atoms with Crippen LogP contribution in [0.15, 0.2) is 47.4 Å². The molecule has 0 unspecified atom stereocenters. The maximum atomic E-state index is 13.0. The molecule has 0 radical (unpaired) electrons. The molecule has 2 aromatic carbocycles. The minimum Gasteiger partial charge on any atom is -0.495 e. The normalized spacial score (nSPS) is 11.0. The second-order valence-electron chi connectivity index (χ2n) is 4.95. The molecule has 0 spiro atoms. The summed E-state index contributed by atoms with van der Waals surface area (Å²) in [6.07, 6.45) is 0. The highest BCUT2D eigenvalue weighted by Crippen LogP contribution is 2.36. The fraction of sp³-hybridized carbons (Fsp3) is 0.133. The number of hydrogen-bond donors (Lipinski definition) is 1. The number of sulfonamides is 1. The molecule has 0 bridgehead atoms. The summed E-state index contributed by atoms with van der Waals surface area (Å²) in [5.41, 5.74) is -0.829. The summed E-state index contributed by atoms with van der Waals surface area (Å²) in [5.74, 6) is -1.42. The number of nitro benzene ring substituents is 1.